The molecular weight excluding hydrogens is 352 g/mol. The van der Waals surface area contributed by atoms with Gasteiger partial charge in [0, 0.05) is 18.2 Å². The number of rotatable bonds is 2. The van der Waals surface area contributed by atoms with Crippen LogP contribution in [0.5, 0.6) is 0 Å². The molecular formula is C22H18N4O2. The zero-order chi connectivity index (χ0) is 19.9. The number of aromatic nitrogens is 2. The molecule has 1 atom stereocenters. The highest BCUT2D eigenvalue weighted by Gasteiger charge is 2.56. The number of ketones is 1. The SMILES string of the molecule is [C-]#[N+]C1=C[C@@]2(c3ccccc3)C(=O)N(c3ccncn3)CC=C2C(C)(C)C1=O. The minimum absolute atomic E-state index is 0.0103. The van der Waals surface area contributed by atoms with E-state index >= 15 is 0 Å². The summed E-state index contributed by atoms with van der Waals surface area (Å²) in [6.07, 6.45) is 6.43. The van der Waals surface area contributed by atoms with Crippen LogP contribution in [0.15, 0.2) is 72.3 Å². The molecule has 28 heavy (non-hydrogen) atoms. The Morgan fingerprint density at radius 3 is 2.54 bits per heavy atom. The largest absolute Gasteiger partial charge is 0.307 e. The zero-order valence-corrected chi connectivity index (χ0v) is 15.6. The first-order chi connectivity index (χ1) is 13.4. The molecule has 0 spiro atoms. The second-order valence-corrected chi connectivity index (χ2v) is 7.37. The molecule has 0 bridgehead atoms. The van der Waals surface area contributed by atoms with Crippen molar-refractivity contribution >= 4 is 17.5 Å². The van der Waals surface area contributed by atoms with E-state index in [0.29, 0.717) is 17.9 Å². The van der Waals surface area contributed by atoms with Crippen molar-refractivity contribution in [2.45, 2.75) is 19.3 Å². The maximum Gasteiger partial charge on any atom is 0.245 e. The zero-order valence-electron chi connectivity index (χ0n) is 15.6. The molecule has 0 unspecified atom stereocenters. The van der Waals surface area contributed by atoms with Gasteiger partial charge in [-0.3, -0.25) is 9.69 Å². The van der Waals surface area contributed by atoms with Crippen LogP contribution < -0.4 is 4.90 Å². The standard InChI is InChI=1S/C22H18N4O2/c1-21(2)17-10-12-26(18-9-11-24-14-25-18)20(28)22(17,13-16(23-3)19(21)27)15-7-5-4-6-8-15/h4-11,13-14H,12H2,1-2H3/t22-/m0/s1. The van der Waals surface area contributed by atoms with Gasteiger partial charge in [-0.05, 0) is 17.2 Å². The van der Waals surface area contributed by atoms with Gasteiger partial charge in [-0.2, -0.15) is 0 Å². The van der Waals surface area contributed by atoms with Crippen molar-refractivity contribution in [2.24, 2.45) is 5.41 Å². The first kappa shape index (κ1) is 17.8. The number of nitrogens with zero attached hydrogens (tertiary/aromatic N) is 4. The molecule has 1 aliphatic heterocycles. The maximum absolute atomic E-state index is 13.9. The normalized spacial score (nSPS) is 23.4. The average Bonchev–Trinajstić information content (AvgIpc) is 2.73. The smallest absolute Gasteiger partial charge is 0.245 e. The Morgan fingerprint density at radius 1 is 1.14 bits per heavy atom. The third-order valence-electron chi connectivity index (χ3n) is 5.50. The van der Waals surface area contributed by atoms with Gasteiger partial charge in [0.05, 0.1) is 6.57 Å². The van der Waals surface area contributed by atoms with Crippen molar-refractivity contribution in [3.05, 3.63) is 89.3 Å². The molecule has 0 saturated heterocycles. The third kappa shape index (κ3) is 2.33. The van der Waals surface area contributed by atoms with Gasteiger partial charge in [0.1, 0.15) is 17.6 Å². The van der Waals surface area contributed by atoms with Gasteiger partial charge in [-0.15, -0.1) is 0 Å². The van der Waals surface area contributed by atoms with Crippen LogP contribution in [0.4, 0.5) is 5.82 Å². The molecule has 0 fully saturated rings. The summed E-state index contributed by atoms with van der Waals surface area (Å²) in [4.78, 5) is 40.0. The number of benzene rings is 1. The third-order valence-corrected chi connectivity index (χ3v) is 5.50. The average molecular weight is 370 g/mol. The van der Waals surface area contributed by atoms with E-state index in [1.165, 1.54) is 12.4 Å². The number of hydrogen-bond donors (Lipinski definition) is 0. The van der Waals surface area contributed by atoms with Gasteiger partial charge < -0.3 is 4.79 Å². The van der Waals surface area contributed by atoms with Crippen LogP contribution in [-0.2, 0) is 15.0 Å². The lowest BCUT2D eigenvalue weighted by Crippen LogP contribution is -2.57. The van der Waals surface area contributed by atoms with E-state index in [9.17, 15) is 9.59 Å². The van der Waals surface area contributed by atoms with Crippen molar-refractivity contribution in [1.29, 1.82) is 0 Å². The Balaban J connectivity index is 2.03. The fraction of sp³-hybridized carbons (Fsp3) is 0.227. The number of hydrogen-bond acceptors (Lipinski definition) is 4. The van der Waals surface area contributed by atoms with Crippen molar-refractivity contribution in [2.75, 3.05) is 11.4 Å². The number of amides is 1. The fourth-order valence-electron chi connectivity index (χ4n) is 4.14. The topological polar surface area (TPSA) is 67.5 Å². The molecule has 138 valence electrons. The van der Waals surface area contributed by atoms with Crippen LogP contribution >= 0.6 is 0 Å². The van der Waals surface area contributed by atoms with Gasteiger partial charge in [0.2, 0.25) is 11.6 Å². The minimum Gasteiger partial charge on any atom is -0.307 e. The predicted molar refractivity (Wildman–Crippen MR) is 104 cm³/mol. The maximum atomic E-state index is 13.9. The van der Waals surface area contributed by atoms with Gasteiger partial charge in [0.15, 0.2) is 5.78 Å². The molecule has 0 saturated carbocycles. The quantitative estimate of drug-likeness (QED) is 0.602. The predicted octanol–water partition coefficient (Wildman–Crippen LogP) is 3.10. The molecule has 2 aromatic rings. The number of anilines is 1. The number of allylic oxidation sites excluding steroid dienone is 1. The molecule has 6 heteroatoms. The Labute approximate surface area is 163 Å². The first-order valence-electron chi connectivity index (χ1n) is 8.92. The van der Waals surface area contributed by atoms with Crippen molar-refractivity contribution < 1.29 is 9.59 Å². The Hall–Kier alpha value is -3.59. The Bertz CT molecular complexity index is 1060. The molecule has 2 heterocycles. The monoisotopic (exact) mass is 370 g/mol. The number of carbonyl (C=O) groups is 2. The van der Waals surface area contributed by atoms with Crippen molar-refractivity contribution in [3.8, 4) is 0 Å². The molecule has 0 N–H and O–H groups in total. The number of Topliss-reactive ketones (excluding diaryl/α,β-unsaturated/α-hetero) is 1. The summed E-state index contributed by atoms with van der Waals surface area (Å²) in [7, 11) is 0. The highest BCUT2D eigenvalue weighted by atomic mass is 16.2. The summed E-state index contributed by atoms with van der Waals surface area (Å²) in [5, 5.41) is 0. The van der Waals surface area contributed by atoms with Crippen LogP contribution in [0.25, 0.3) is 4.85 Å². The Morgan fingerprint density at radius 2 is 1.89 bits per heavy atom. The lowest BCUT2D eigenvalue weighted by Gasteiger charge is -2.48. The number of carbonyl (C=O) groups excluding carboxylic acids is 2. The molecule has 1 aliphatic carbocycles. The number of fused-ring (bicyclic) bond motifs is 1. The first-order valence-corrected chi connectivity index (χ1v) is 8.92. The highest BCUT2D eigenvalue weighted by molar-refractivity contribution is 6.14. The molecule has 6 nitrogen and oxygen atoms in total. The lowest BCUT2D eigenvalue weighted by atomic mass is 9.57. The highest BCUT2D eigenvalue weighted by Crippen LogP contribution is 2.52. The van der Waals surface area contributed by atoms with Gasteiger partial charge >= 0.3 is 0 Å². The Kier molecular flexibility index (Phi) is 3.97. The van der Waals surface area contributed by atoms with E-state index in [-0.39, 0.29) is 17.4 Å². The van der Waals surface area contributed by atoms with E-state index in [1.807, 2.05) is 36.4 Å². The van der Waals surface area contributed by atoms with Crippen LogP contribution in [0.2, 0.25) is 0 Å². The summed E-state index contributed by atoms with van der Waals surface area (Å²) in [5.41, 5.74) is -0.755. The molecule has 4 rings (SSSR count). The van der Waals surface area contributed by atoms with E-state index in [0.717, 1.165) is 5.56 Å². The van der Waals surface area contributed by atoms with Gasteiger partial charge in [-0.1, -0.05) is 56.3 Å². The summed E-state index contributed by atoms with van der Waals surface area (Å²) in [6, 6.07) is 11.0. The van der Waals surface area contributed by atoms with E-state index in [4.69, 9.17) is 6.57 Å². The molecule has 1 amide bonds. The van der Waals surface area contributed by atoms with E-state index < -0.39 is 10.8 Å². The molecule has 0 radical (unpaired) electrons. The van der Waals surface area contributed by atoms with Crippen LogP contribution in [0, 0.1) is 12.0 Å². The molecule has 1 aromatic carbocycles. The van der Waals surface area contributed by atoms with Crippen LogP contribution in [0.3, 0.4) is 0 Å². The molecule has 1 aromatic heterocycles. The molecule has 2 aliphatic rings. The second-order valence-electron chi connectivity index (χ2n) is 7.37. The summed E-state index contributed by atoms with van der Waals surface area (Å²) >= 11 is 0. The fourth-order valence-corrected chi connectivity index (χ4v) is 4.14. The summed E-state index contributed by atoms with van der Waals surface area (Å²) in [5.74, 6) is -0.00158. The summed E-state index contributed by atoms with van der Waals surface area (Å²) in [6.45, 7) is 11.4. The van der Waals surface area contributed by atoms with Crippen LogP contribution in [-0.4, -0.2) is 28.2 Å². The summed E-state index contributed by atoms with van der Waals surface area (Å²) < 4.78 is 0. The van der Waals surface area contributed by atoms with Gasteiger partial charge in [0.25, 0.3) is 0 Å². The van der Waals surface area contributed by atoms with E-state index in [2.05, 4.69) is 14.8 Å². The lowest BCUT2D eigenvalue weighted by molar-refractivity contribution is -0.125. The van der Waals surface area contributed by atoms with Crippen molar-refractivity contribution in [3.63, 3.8) is 0 Å². The van der Waals surface area contributed by atoms with Crippen LogP contribution in [0.1, 0.15) is 19.4 Å². The second kappa shape index (κ2) is 6.24. The minimum atomic E-state index is -1.22. The van der Waals surface area contributed by atoms with Crippen molar-refractivity contribution in [1.82, 2.24) is 9.97 Å². The van der Waals surface area contributed by atoms with E-state index in [1.54, 1.807) is 31.0 Å². The van der Waals surface area contributed by atoms with Gasteiger partial charge in [-0.25, -0.2) is 14.8 Å².